The van der Waals surface area contributed by atoms with Crippen molar-refractivity contribution < 1.29 is 18.8 Å². The Hall–Kier alpha value is -2.70. The number of carbonyl (C=O) groups excluding carboxylic acids is 3. The molecule has 3 rings (SSSR count). The van der Waals surface area contributed by atoms with Crippen molar-refractivity contribution in [3.63, 3.8) is 0 Å². The number of likely N-dealkylation sites (tertiary alicyclic amines) is 2. The standard InChI is InChI=1S/C21H26FN3O3/c1-2-19(26)24-10-8-16(9-11-24)21(28)25-12-6-15(7-13-25)20(27)23-18-5-3-4-17(22)14-18/h2-5,14-16H,1,6-13H2,(H,23,27). The molecule has 0 spiro atoms. The molecular formula is C21H26FN3O3. The Bertz CT molecular complexity index is 751. The predicted molar refractivity (Wildman–Crippen MR) is 104 cm³/mol. The molecular weight excluding hydrogens is 361 g/mol. The monoisotopic (exact) mass is 387 g/mol. The normalized spacial score (nSPS) is 18.6. The van der Waals surface area contributed by atoms with E-state index >= 15 is 0 Å². The van der Waals surface area contributed by atoms with E-state index < -0.39 is 0 Å². The molecule has 0 aliphatic carbocycles. The highest BCUT2D eigenvalue weighted by Crippen LogP contribution is 2.25. The zero-order chi connectivity index (χ0) is 20.1. The first kappa shape index (κ1) is 20.0. The summed E-state index contributed by atoms with van der Waals surface area (Å²) >= 11 is 0. The van der Waals surface area contributed by atoms with Crippen LogP contribution in [0.5, 0.6) is 0 Å². The smallest absolute Gasteiger partial charge is 0.245 e. The fourth-order valence-electron chi connectivity index (χ4n) is 3.91. The summed E-state index contributed by atoms with van der Waals surface area (Å²) in [5.41, 5.74) is 0.448. The first-order valence-electron chi connectivity index (χ1n) is 9.74. The molecule has 0 saturated carbocycles. The molecule has 0 radical (unpaired) electrons. The van der Waals surface area contributed by atoms with E-state index in [0.29, 0.717) is 57.5 Å². The minimum absolute atomic E-state index is 0.0634. The molecule has 2 heterocycles. The van der Waals surface area contributed by atoms with Gasteiger partial charge in [-0.25, -0.2) is 4.39 Å². The molecule has 2 fully saturated rings. The number of hydrogen-bond acceptors (Lipinski definition) is 3. The lowest BCUT2D eigenvalue weighted by Crippen LogP contribution is -2.47. The van der Waals surface area contributed by atoms with E-state index in [1.165, 1.54) is 18.2 Å². The third-order valence-corrected chi connectivity index (χ3v) is 5.60. The predicted octanol–water partition coefficient (Wildman–Crippen LogP) is 2.43. The minimum atomic E-state index is -0.390. The maximum absolute atomic E-state index is 13.2. The molecule has 28 heavy (non-hydrogen) atoms. The van der Waals surface area contributed by atoms with Crippen molar-refractivity contribution >= 4 is 23.4 Å². The number of anilines is 1. The third-order valence-electron chi connectivity index (χ3n) is 5.60. The quantitative estimate of drug-likeness (QED) is 0.807. The summed E-state index contributed by atoms with van der Waals surface area (Å²) in [6.07, 6.45) is 3.83. The van der Waals surface area contributed by atoms with Gasteiger partial charge in [0.25, 0.3) is 0 Å². The fraction of sp³-hybridized carbons (Fsp3) is 0.476. The van der Waals surface area contributed by atoms with E-state index in [9.17, 15) is 18.8 Å². The molecule has 1 N–H and O–H groups in total. The highest BCUT2D eigenvalue weighted by molar-refractivity contribution is 5.92. The topological polar surface area (TPSA) is 69.7 Å². The molecule has 0 unspecified atom stereocenters. The van der Waals surface area contributed by atoms with Crippen LogP contribution in [0.4, 0.5) is 10.1 Å². The van der Waals surface area contributed by atoms with Crippen molar-refractivity contribution in [1.29, 1.82) is 0 Å². The van der Waals surface area contributed by atoms with Crippen LogP contribution in [-0.4, -0.2) is 53.7 Å². The summed E-state index contributed by atoms with van der Waals surface area (Å²) in [5, 5.41) is 2.75. The van der Waals surface area contributed by atoms with Gasteiger partial charge >= 0.3 is 0 Å². The average Bonchev–Trinajstić information content (AvgIpc) is 2.73. The van der Waals surface area contributed by atoms with E-state index in [1.54, 1.807) is 17.0 Å². The largest absolute Gasteiger partial charge is 0.342 e. The molecule has 1 aromatic carbocycles. The van der Waals surface area contributed by atoms with Gasteiger partial charge in [0.2, 0.25) is 17.7 Å². The Morgan fingerprint density at radius 3 is 2.21 bits per heavy atom. The van der Waals surface area contributed by atoms with Crippen molar-refractivity contribution in [2.24, 2.45) is 11.8 Å². The summed E-state index contributed by atoms with van der Waals surface area (Å²) in [5.74, 6) is -0.732. The van der Waals surface area contributed by atoms with Crippen molar-refractivity contribution in [3.8, 4) is 0 Å². The van der Waals surface area contributed by atoms with Gasteiger partial charge in [-0.2, -0.15) is 0 Å². The first-order chi connectivity index (χ1) is 13.5. The SMILES string of the molecule is C=CC(=O)N1CCC(C(=O)N2CCC(C(=O)Nc3cccc(F)c3)CC2)CC1. The Balaban J connectivity index is 1.46. The lowest BCUT2D eigenvalue weighted by atomic mass is 9.91. The van der Waals surface area contributed by atoms with Crippen LogP contribution >= 0.6 is 0 Å². The van der Waals surface area contributed by atoms with Gasteiger partial charge in [0, 0.05) is 43.7 Å². The maximum Gasteiger partial charge on any atom is 0.245 e. The molecule has 1 aromatic rings. The van der Waals surface area contributed by atoms with E-state index in [0.717, 1.165) is 0 Å². The van der Waals surface area contributed by atoms with Crippen LogP contribution < -0.4 is 5.32 Å². The average molecular weight is 387 g/mol. The molecule has 3 amide bonds. The van der Waals surface area contributed by atoms with Crippen LogP contribution in [0.2, 0.25) is 0 Å². The Kier molecular flexibility index (Phi) is 6.44. The number of nitrogens with one attached hydrogen (secondary N) is 1. The van der Waals surface area contributed by atoms with Crippen LogP contribution in [0.15, 0.2) is 36.9 Å². The van der Waals surface area contributed by atoms with E-state index in [4.69, 9.17) is 0 Å². The molecule has 7 heteroatoms. The molecule has 2 saturated heterocycles. The molecule has 2 aliphatic rings. The number of benzene rings is 1. The minimum Gasteiger partial charge on any atom is -0.342 e. The fourth-order valence-corrected chi connectivity index (χ4v) is 3.91. The molecule has 0 atom stereocenters. The van der Waals surface area contributed by atoms with Crippen molar-refractivity contribution in [2.45, 2.75) is 25.7 Å². The summed E-state index contributed by atoms with van der Waals surface area (Å²) < 4.78 is 13.2. The van der Waals surface area contributed by atoms with Gasteiger partial charge < -0.3 is 15.1 Å². The van der Waals surface area contributed by atoms with E-state index in [2.05, 4.69) is 11.9 Å². The van der Waals surface area contributed by atoms with Gasteiger partial charge in [-0.05, 0) is 50.0 Å². The van der Waals surface area contributed by atoms with Crippen molar-refractivity contribution in [3.05, 3.63) is 42.7 Å². The van der Waals surface area contributed by atoms with Crippen molar-refractivity contribution in [1.82, 2.24) is 9.80 Å². The Morgan fingerprint density at radius 1 is 1.00 bits per heavy atom. The van der Waals surface area contributed by atoms with Gasteiger partial charge in [-0.3, -0.25) is 14.4 Å². The number of amides is 3. The number of rotatable bonds is 4. The Morgan fingerprint density at radius 2 is 1.61 bits per heavy atom. The van der Waals surface area contributed by atoms with Gasteiger partial charge in [-0.15, -0.1) is 0 Å². The van der Waals surface area contributed by atoms with Gasteiger partial charge in [-0.1, -0.05) is 12.6 Å². The summed E-state index contributed by atoms with van der Waals surface area (Å²) in [7, 11) is 0. The summed E-state index contributed by atoms with van der Waals surface area (Å²) in [4.78, 5) is 40.4. The molecule has 0 aromatic heterocycles. The lowest BCUT2D eigenvalue weighted by Gasteiger charge is -2.36. The lowest BCUT2D eigenvalue weighted by molar-refractivity contribution is -0.141. The summed E-state index contributed by atoms with van der Waals surface area (Å²) in [6, 6.07) is 5.83. The molecule has 2 aliphatic heterocycles. The zero-order valence-corrected chi connectivity index (χ0v) is 15.9. The van der Waals surface area contributed by atoms with Crippen LogP contribution in [0, 0.1) is 17.7 Å². The van der Waals surface area contributed by atoms with Crippen LogP contribution in [0.25, 0.3) is 0 Å². The number of carbonyl (C=O) groups is 3. The van der Waals surface area contributed by atoms with Gasteiger partial charge in [0.15, 0.2) is 0 Å². The first-order valence-corrected chi connectivity index (χ1v) is 9.74. The zero-order valence-electron chi connectivity index (χ0n) is 15.9. The van der Waals surface area contributed by atoms with Gasteiger partial charge in [0.05, 0.1) is 0 Å². The highest BCUT2D eigenvalue weighted by atomic mass is 19.1. The van der Waals surface area contributed by atoms with Crippen LogP contribution in [0.3, 0.4) is 0 Å². The second-order valence-electron chi connectivity index (χ2n) is 7.40. The molecule has 0 bridgehead atoms. The van der Waals surface area contributed by atoms with E-state index in [-0.39, 0.29) is 35.4 Å². The number of nitrogens with zero attached hydrogens (tertiary/aromatic N) is 2. The van der Waals surface area contributed by atoms with Gasteiger partial charge in [0.1, 0.15) is 5.82 Å². The van der Waals surface area contributed by atoms with Crippen LogP contribution in [0.1, 0.15) is 25.7 Å². The van der Waals surface area contributed by atoms with Crippen molar-refractivity contribution in [2.75, 3.05) is 31.5 Å². The van der Waals surface area contributed by atoms with E-state index in [1.807, 2.05) is 4.90 Å². The van der Waals surface area contributed by atoms with Crippen LogP contribution in [-0.2, 0) is 14.4 Å². The maximum atomic E-state index is 13.2. The molecule has 6 nitrogen and oxygen atoms in total. The number of halogens is 1. The number of hydrogen-bond donors (Lipinski definition) is 1. The summed E-state index contributed by atoms with van der Waals surface area (Å²) in [6.45, 7) is 5.75. The second kappa shape index (κ2) is 8.99. The second-order valence-corrected chi connectivity index (χ2v) is 7.40. The molecule has 150 valence electrons. The Labute approximate surface area is 164 Å². The highest BCUT2D eigenvalue weighted by Gasteiger charge is 2.33. The third kappa shape index (κ3) is 4.77. The number of piperidine rings is 2.